The maximum Gasteiger partial charge on any atom is 0.306 e. The van der Waals surface area contributed by atoms with Crippen molar-refractivity contribution in [1.82, 2.24) is 14.5 Å². The van der Waals surface area contributed by atoms with Crippen molar-refractivity contribution in [1.29, 1.82) is 0 Å². The number of methoxy groups -OCH3 is 1. The maximum atomic E-state index is 11.6. The van der Waals surface area contributed by atoms with Crippen LogP contribution >= 0.6 is 0 Å². The number of aryl methyl sites for hydroxylation is 1. The summed E-state index contributed by atoms with van der Waals surface area (Å²) in [6, 6.07) is 0. The molecule has 0 aromatic carbocycles. The van der Waals surface area contributed by atoms with Crippen molar-refractivity contribution in [3.05, 3.63) is 12.4 Å². The number of rotatable bonds is 5. The lowest BCUT2D eigenvalue weighted by Gasteiger charge is -2.03. The fourth-order valence-electron chi connectivity index (χ4n) is 1.01. The van der Waals surface area contributed by atoms with Crippen LogP contribution in [0.15, 0.2) is 17.3 Å². The van der Waals surface area contributed by atoms with E-state index >= 15 is 0 Å². The molecule has 0 aliphatic rings. The summed E-state index contributed by atoms with van der Waals surface area (Å²) in [5.74, 6) is -0.464. The lowest BCUT2D eigenvalue weighted by Crippen LogP contribution is -2.26. The van der Waals surface area contributed by atoms with E-state index in [-0.39, 0.29) is 17.9 Å². The quantitative estimate of drug-likeness (QED) is 0.692. The van der Waals surface area contributed by atoms with Gasteiger partial charge >= 0.3 is 5.97 Å². The van der Waals surface area contributed by atoms with Crippen LogP contribution in [0.4, 0.5) is 0 Å². The molecule has 8 heteroatoms. The SMILES string of the molecule is COC(=O)CCNS(=O)(=O)c1cnn(C)c1. The van der Waals surface area contributed by atoms with Gasteiger partial charge in [-0.05, 0) is 0 Å². The van der Waals surface area contributed by atoms with Crippen molar-refractivity contribution in [3.63, 3.8) is 0 Å². The highest BCUT2D eigenvalue weighted by Gasteiger charge is 2.15. The summed E-state index contributed by atoms with van der Waals surface area (Å²) in [6.07, 6.45) is 2.61. The molecule has 0 bridgehead atoms. The first-order chi connectivity index (χ1) is 7.45. The highest BCUT2D eigenvalue weighted by Crippen LogP contribution is 2.05. The Hall–Kier alpha value is -1.41. The van der Waals surface area contributed by atoms with Crippen molar-refractivity contribution in [2.24, 2.45) is 7.05 Å². The van der Waals surface area contributed by atoms with Gasteiger partial charge in [0.05, 0.1) is 19.7 Å². The van der Waals surface area contributed by atoms with Gasteiger partial charge in [-0.25, -0.2) is 13.1 Å². The molecule has 0 radical (unpaired) electrons. The van der Waals surface area contributed by atoms with Crippen LogP contribution in [0.3, 0.4) is 0 Å². The predicted octanol–water partition coefficient (Wildman–Crippen LogP) is -0.738. The molecular formula is C8H13N3O4S. The number of sulfonamides is 1. The van der Waals surface area contributed by atoms with E-state index < -0.39 is 16.0 Å². The normalized spacial score (nSPS) is 11.4. The first-order valence-corrected chi connectivity index (χ1v) is 5.99. The Morgan fingerprint density at radius 1 is 1.62 bits per heavy atom. The van der Waals surface area contributed by atoms with E-state index in [1.807, 2.05) is 0 Å². The summed E-state index contributed by atoms with van der Waals surface area (Å²) < 4.78 is 31.2. The zero-order valence-corrected chi connectivity index (χ0v) is 9.82. The third kappa shape index (κ3) is 3.31. The molecule has 90 valence electrons. The second-order valence-electron chi connectivity index (χ2n) is 3.07. The van der Waals surface area contributed by atoms with Gasteiger partial charge in [-0.1, -0.05) is 0 Å². The smallest absolute Gasteiger partial charge is 0.306 e. The molecule has 16 heavy (non-hydrogen) atoms. The van der Waals surface area contributed by atoms with E-state index in [1.165, 1.54) is 24.2 Å². The van der Waals surface area contributed by atoms with Crippen LogP contribution in [0.1, 0.15) is 6.42 Å². The number of carbonyl (C=O) groups is 1. The molecule has 0 amide bonds. The van der Waals surface area contributed by atoms with Gasteiger partial charge in [0.2, 0.25) is 10.0 Å². The molecule has 1 N–H and O–H groups in total. The number of carbonyl (C=O) groups excluding carboxylic acids is 1. The Balaban J connectivity index is 2.56. The highest BCUT2D eigenvalue weighted by molar-refractivity contribution is 7.89. The highest BCUT2D eigenvalue weighted by atomic mass is 32.2. The lowest BCUT2D eigenvalue weighted by atomic mass is 10.4. The minimum absolute atomic E-state index is 0.00387. The number of nitrogens with one attached hydrogen (secondary N) is 1. The minimum Gasteiger partial charge on any atom is -0.469 e. The second kappa shape index (κ2) is 5.08. The van der Waals surface area contributed by atoms with Crippen molar-refractivity contribution in [3.8, 4) is 0 Å². The van der Waals surface area contributed by atoms with E-state index in [9.17, 15) is 13.2 Å². The number of aromatic nitrogens is 2. The molecule has 1 rings (SSSR count). The molecule has 0 aliphatic carbocycles. The zero-order valence-electron chi connectivity index (χ0n) is 9.00. The molecule has 0 atom stereocenters. The van der Waals surface area contributed by atoms with Crippen LogP contribution in [0.5, 0.6) is 0 Å². The van der Waals surface area contributed by atoms with Gasteiger partial charge in [0.15, 0.2) is 0 Å². The van der Waals surface area contributed by atoms with Gasteiger partial charge in [0.1, 0.15) is 4.90 Å². The minimum atomic E-state index is -3.58. The van der Waals surface area contributed by atoms with Crippen molar-refractivity contribution in [2.75, 3.05) is 13.7 Å². The van der Waals surface area contributed by atoms with Gasteiger partial charge in [0.25, 0.3) is 0 Å². The van der Waals surface area contributed by atoms with Crippen molar-refractivity contribution in [2.45, 2.75) is 11.3 Å². The average molecular weight is 247 g/mol. The molecule has 0 unspecified atom stereocenters. The monoisotopic (exact) mass is 247 g/mol. The van der Waals surface area contributed by atoms with Crippen LogP contribution in [-0.2, 0) is 26.6 Å². The Labute approximate surface area is 93.4 Å². The van der Waals surface area contributed by atoms with Gasteiger partial charge < -0.3 is 4.74 Å². The van der Waals surface area contributed by atoms with Crippen LogP contribution in [0.25, 0.3) is 0 Å². The molecule has 0 saturated carbocycles. The van der Waals surface area contributed by atoms with Gasteiger partial charge in [-0.15, -0.1) is 0 Å². The fraction of sp³-hybridized carbons (Fsp3) is 0.500. The Bertz CT molecular complexity index is 465. The number of esters is 1. The van der Waals surface area contributed by atoms with Crippen LogP contribution in [-0.4, -0.2) is 37.8 Å². The third-order valence-corrected chi connectivity index (χ3v) is 3.26. The Morgan fingerprint density at radius 2 is 2.31 bits per heavy atom. The molecule has 1 aromatic rings. The summed E-state index contributed by atoms with van der Waals surface area (Å²) in [7, 11) is -0.718. The first kappa shape index (κ1) is 12.7. The summed E-state index contributed by atoms with van der Waals surface area (Å²) in [6.45, 7) is 0.00387. The standard InChI is InChI=1S/C8H13N3O4S/c1-11-6-7(5-9-11)16(13,14)10-4-3-8(12)15-2/h5-6,10H,3-4H2,1-2H3. The summed E-state index contributed by atoms with van der Waals surface area (Å²) in [5.41, 5.74) is 0. The molecule has 7 nitrogen and oxygen atoms in total. The number of hydrogen-bond donors (Lipinski definition) is 1. The van der Waals surface area contributed by atoms with Crippen LogP contribution < -0.4 is 4.72 Å². The van der Waals surface area contributed by atoms with E-state index in [1.54, 1.807) is 7.05 Å². The van der Waals surface area contributed by atoms with Crippen LogP contribution in [0, 0.1) is 0 Å². The van der Waals surface area contributed by atoms with E-state index in [4.69, 9.17) is 0 Å². The molecule has 0 fully saturated rings. The Kier molecular flexibility index (Phi) is 4.02. The van der Waals surface area contributed by atoms with Gasteiger partial charge in [-0.3, -0.25) is 9.48 Å². The van der Waals surface area contributed by atoms with Crippen molar-refractivity contribution < 1.29 is 17.9 Å². The largest absolute Gasteiger partial charge is 0.469 e. The second-order valence-corrected chi connectivity index (χ2v) is 4.84. The first-order valence-electron chi connectivity index (χ1n) is 4.51. The van der Waals surface area contributed by atoms with Gasteiger partial charge in [-0.2, -0.15) is 5.10 Å². The number of nitrogens with zero attached hydrogens (tertiary/aromatic N) is 2. The Morgan fingerprint density at radius 3 is 2.81 bits per heavy atom. The number of ether oxygens (including phenoxy) is 1. The summed E-state index contributed by atoms with van der Waals surface area (Å²) in [4.78, 5) is 10.8. The predicted molar refractivity (Wildman–Crippen MR) is 55.0 cm³/mol. The lowest BCUT2D eigenvalue weighted by molar-refractivity contribution is -0.140. The molecule has 0 saturated heterocycles. The maximum absolute atomic E-state index is 11.6. The summed E-state index contributed by atoms with van der Waals surface area (Å²) in [5, 5.41) is 3.75. The van der Waals surface area contributed by atoms with E-state index in [2.05, 4.69) is 14.6 Å². The fourth-order valence-corrected chi connectivity index (χ4v) is 2.03. The molecule has 1 heterocycles. The van der Waals surface area contributed by atoms with E-state index in [0.717, 1.165) is 0 Å². The van der Waals surface area contributed by atoms with E-state index in [0.29, 0.717) is 0 Å². The van der Waals surface area contributed by atoms with Gasteiger partial charge in [0, 0.05) is 19.8 Å². The third-order valence-electron chi connectivity index (χ3n) is 1.84. The van der Waals surface area contributed by atoms with Crippen LogP contribution in [0.2, 0.25) is 0 Å². The van der Waals surface area contributed by atoms with Crippen molar-refractivity contribution >= 4 is 16.0 Å². The zero-order chi connectivity index (χ0) is 12.2. The molecular weight excluding hydrogens is 234 g/mol. The average Bonchev–Trinajstić information content (AvgIpc) is 2.65. The number of hydrogen-bond acceptors (Lipinski definition) is 5. The summed E-state index contributed by atoms with van der Waals surface area (Å²) >= 11 is 0. The molecule has 0 aliphatic heterocycles. The molecule has 0 spiro atoms. The molecule has 1 aromatic heterocycles. The topological polar surface area (TPSA) is 90.3 Å².